The lowest BCUT2D eigenvalue weighted by atomic mass is 10.2. The van der Waals surface area contributed by atoms with Crippen LogP contribution in [-0.4, -0.2) is 43.6 Å². The van der Waals surface area contributed by atoms with Crippen LogP contribution in [0.2, 0.25) is 5.02 Å². The minimum atomic E-state index is -0.561. The molecule has 0 saturated carbocycles. The van der Waals surface area contributed by atoms with Gasteiger partial charge in [0.2, 0.25) is 0 Å². The first-order chi connectivity index (χ1) is 12.9. The van der Waals surface area contributed by atoms with Crippen LogP contribution in [0, 0.1) is 15.9 Å². The van der Waals surface area contributed by atoms with Crippen LogP contribution in [0.25, 0.3) is 0 Å². The topological polar surface area (TPSA) is 79.9 Å². The van der Waals surface area contributed by atoms with Gasteiger partial charge in [-0.1, -0.05) is 11.6 Å². The third kappa shape index (κ3) is 4.93. The van der Waals surface area contributed by atoms with Gasteiger partial charge in [0.25, 0.3) is 11.6 Å². The molecule has 7 nitrogen and oxygen atoms in total. The Bertz CT molecular complexity index is 839. The van der Waals surface area contributed by atoms with Crippen molar-refractivity contribution in [3.05, 3.63) is 63.4 Å². The molecule has 142 valence electrons. The number of piperazine rings is 1. The summed E-state index contributed by atoms with van der Waals surface area (Å²) in [6, 6.07) is 10.6. The van der Waals surface area contributed by atoms with Crippen molar-refractivity contribution in [3.8, 4) is 0 Å². The molecule has 1 saturated heterocycles. The van der Waals surface area contributed by atoms with E-state index in [0.29, 0.717) is 0 Å². The summed E-state index contributed by atoms with van der Waals surface area (Å²) in [6.07, 6.45) is 0. The fourth-order valence-corrected chi connectivity index (χ4v) is 3.21. The summed E-state index contributed by atoms with van der Waals surface area (Å²) in [5.41, 5.74) is 1.11. The van der Waals surface area contributed by atoms with Crippen molar-refractivity contribution in [2.75, 3.05) is 42.9 Å². The van der Waals surface area contributed by atoms with E-state index in [2.05, 4.69) is 10.2 Å². The summed E-state index contributed by atoms with van der Waals surface area (Å²) < 4.78 is 13.8. The van der Waals surface area contributed by atoms with E-state index in [-0.39, 0.29) is 28.8 Å². The summed E-state index contributed by atoms with van der Waals surface area (Å²) in [6.45, 7) is 3.20. The Morgan fingerprint density at radius 2 is 1.89 bits per heavy atom. The standard InChI is InChI=1S/C18H18ClFN4O3/c19-13-1-6-17(16(20)11-13)21-18(25)12-22-7-9-23(10-8-22)14-2-4-15(5-3-14)24(26)27/h1-6,11H,7-10,12H2,(H,21,25)/p+1. The second kappa shape index (κ2) is 8.32. The van der Waals surface area contributed by atoms with Gasteiger partial charge >= 0.3 is 0 Å². The Balaban J connectivity index is 1.50. The fourth-order valence-electron chi connectivity index (χ4n) is 3.06. The fraction of sp³-hybridized carbons (Fsp3) is 0.278. The third-order valence-corrected chi connectivity index (χ3v) is 4.75. The number of anilines is 2. The van der Waals surface area contributed by atoms with Crippen LogP contribution >= 0.6 is 11.6 Å². The van der Waals surface area contributed by atoms with E-state index in [0.717, 1.165) is 42.8 Å². The lowest BCUT2D eigenvalue weighted by Crippen LogP contribution is -3.15. The van der Waals surface area contributed by atoms with Gasteiger partial charge in [0, 0.05) is 22.8 Å². The maximum atomic E-state index is 13.8. The number of nitrogens with zero attached hydrogens (tertiary/aromatic N) is 2. The predicted octanol–water partition coefficient (Wildman–Crippen LogP) is 1.73. The molecule has 1 fully saturated rings. The number of benzene rings is 2. The van der Waals surface area contributed by atoms with E-state index in [1.807, 2.05) is 0 Å². The molecular weight excluding hydrogens is 375 g/mol. The van der Waals surface area contributed by atoms with Gasteiger partial charge in [-0.15, -0.1) is 0 Å². The van der Waals surface area contributed by atoms with Crippen molar-refractivity contribution in [1.29, 1.82) is 0 Å². The molecule has 2 N–H and O–H groups in total. The Morgan fingerprint density at radius 1 is 1.22 bits per heavy atom. The van der Waals surface area contributed by atoms with Gasteiger partial charge in [-0.05, 0) is 30.3 Å². The molecule has 9 heteroatoms. The minimum Gasteiger partial charge on any atom is -0.360 e. The second-order valence-electron chi connectivity index (χ2n) is 6.36. The number of nitro benzene ring substituents is 1. The molecule has 0 unspecified atom stereocenters. The SMILES string of the molecule is O=C(C[NH+]1CCN(c2ccc([N+](=O)[O-])cc2)CC1)Nc1ccc(Cl)cc1F. The lowest BCUT2D eigenvalue weighted by molar-refractivity contribution is -0.892. The highest BCUT2D eigenvalue weighted by atomic mass is 35.5. The molecule has 0 radical (unpaired) electrons. The summed E-state index contributed by atoms with van der Waals surface area (Å²) in [5, 5.41) is 13.6. The number of nitrogens with one attached hydrogen (secondary N) is 2. The van der Waals surface area contributed by atoms with Crippen LogP contribution in [0.1, 0.15) is 0 Å². The van der Waals surface area contributed by atoms with Crippen molar-refractivity contribution < 1.29 is 19.0 Å². The van der Waals surface area contributed by atoms with E-state index in [1.165, 1.54) is 24.3 Å². The van der Waals surface area contributed by atoms with Crippen LogP contribution in [0.3, 0.4) is 0 Å². The van der Waals surface area contributed by atoms with Gasteiger partial charge in [0.1, 0.15) is 5.82 Å². The van der Waals surface area contributed by atoms with Gasteiger partial charge < -0.3 is 15.1 Å². The first kappa shape index (κ1) is 19.1. The molecule has 2 aromatic carbocycles. The van der Waals surface area contributed by atoms with E-state index >= 15 is 0 Å². The van der Waals surface area contributed by atoms with Crippen LogP contribution in [0.5, 0.6) is 0 Å². The van der Waals surface area contributed by atoms with Gasteiger partial charge in [-0.2, -0.15) is 0 Å². The summed E-state index contributed by atoms with van der Waals surface area (Å²) in [5.74, 6) is -0.816. The molecular formula is C18H19ClFN4O3+. The first-order valence-electron chi connectivity index (χ1n) is 8.50. The van der Waals surface area contributed by atoms with Crippen LogP contribution < -0.4 is 15.1 Å². The molecule has 1 aliphatic heterocycles. The van der Waals surface area contributed by atoms with Crippen molar-refractivity contribution >= 4 is 34.6 Å². The van der Waals surface area contributed by atoms with E-state index < -0.39 is 10.7 Å². The van der Waals surface area contributed by atoms with Crippen LogP contribution in [0.4, 0.5) is 21.5 Å². The average molecular weight is 394 g/mol. The Kier molecular flexibility index (Phi) is 5.88. The third-order valence-electron chi connectivity index (χ3n) is 4.51. The van der Waals surface area contributed by atoms with Crippen molar-refractivity contribution in [3.63, 3.8) is 0 Å². The minimum absolute atomic E-state index is 0.0640. The normalized spacial score (nSPS) is 14.8. The molecule has 0 aliphatic carbocycles. The highest BCUT2D eigenvalue weighted by molar-refractivity contribution is 6.30. The van der Waals surface area contributed by atoms with Crippen molar-refractivity contribution in [2.45, 2.75) is 0 Å². The molecule has 0 spiro atoms. The van der Waals surface area contributed by atoms with Gasteiger partial charge in [0.15, 0.2) is 6.54 Å². The van der Waals surface area contributed by atoms with Crippen LogP contribution in [-0.2, 0) is 4.79 Å². The highest BCUT2D eigenvalue weighted by Gasteiger charge is 2.23. The number of halogens is 2. The molecule has 1 amide bonds. The molecule has 1 heterocycles. The number of quaternary nitrogens is 1. The van der Waals surface area contributed by atoms with Gasteiger partial charge in [-0.3, -0.25) is 14.9 Å². The lowest BCUT2D eigenvalue weighted by Gasteiger charge is -2.33. The van der Waals surface area contributed by atoms with Gasteiger partial charge in [-0.25, -0.2) is 4.39 Å². The van der Waals surface area contributed by atoms with Crippen LogP contribution in [0.15, 0.2) is 42.5 Å². The number of hydrogen-bond acceptors (Lipinski definition) is 4. The number of hydrogen-bond donors (Lipinski definition) is 2. The Labute approximate surface area is 160 Å². The summed E-state index contributed by atoms with van der Waals surface area (Å²) in [4.78, 5) is 25.7. The highest BCUT2D eigenvalue weighted by Crippen LogP contribution is 2.20. The zero-order valence-corrected chi connectivity index (χ0v) is 15.2. The van der Waals surface area contributed by atoms with E-state index in [1.54, 1.807) is 12.1 Å². The number of carbonyl (C=O) groups excluding carboxylic acids is 1. The molecule has 0 bridgehead atoms. The second-order valence-corrected chi connectivity index (χ2v) is 6.80. The monoisotopic (exact) mass is 393 g/mol. The number of rotatable bonds is 5. The molecule has 27 heavy (non-hydrogen) atoms. The maximum absolute atomic E-state index is 13.8. The molecule has 1 aliphatic rings. The number of non-ortho nitro benzene ring substituents is 1. The van der Waals surface area contributed by atoms with Gasteiger partial charge in [0.05, 0.1) is 36.8 Å². The Morgan fingerprint density at radius 3 is 2.48 bits per heavy atom. The molecule has 2 aromatic rings. The summed E-state index contributed by atoms with van der Waals surface area (Å²) >= 11 is 5.70. The van der Waals surface area contributed by atoms with E-state index in [9.17, 15) is 19.3 Å². The predicted molar refractivity (Wildman–Crippen MR) is 101 cm³/mol. The average Bonchev–Trinajstić information content (AvgIpc) is 2.65. The Hall–Kier alpha value is -2.71. The number of nitro groups is 1. The largest absolute Gasteiger partial charge is 0.360 e. The first-order valence-corrected chi connectivity index (χ1v) is 8.88. The summed E-state index contributed by atoms with van der Waals surface area (Å²) in [7, 11) is 0. The zero-order valence-electron chi connectivity index (χ0n) is 14.5. The maximum Gasteiger partial charge on any atom is 0.279 e. The molecule has 3 rings (SSSR count). The molecule has 0 aromatic heterocycles. The number of amides is 1. The van der Waals surface area contributed by atoms with Crippen molar-refractivity contribution in [2.24, 2.45) is 0 Å². The van der Waals surface area contributed by atoms with Crippen molar-refractivity contribution in [1.82, 2.24) is 0 Å². The zero-order chi connectivity index (χ0) is 19.4. The quantitative estimate of drug-likeness (QED) is 0.599. The smallest absolute Gasteiger partial charge is 0.279 e. The molecule has 0 atom stereocenters. The number of carbonyl (C=O) groups is 1. The van der Waals surface area contributed by atoms with E-state index in [4.69, 9.17) is 11.6 Å².